The second kappa shape index (κ2) is 32.5. The van der Waals surface area contributed by atoms with Crippen LogP contribution in [0.2, 0.25) is 0 Å². The Morgan fingerprint density at radius 3 is 1.70 bits per heavy atom. The van der Waals surface area contributed by atoms with E-state index in [0.717, 1.165) is 51.4 Å². The molecular formula is C37H68N2O7. The predicted molar refractivity (Wildman–Crippen MR) is 185 cm³/mol. The molecule has 0 aliphatic heterocycles. The van der Waals surface area contributed by atoms with Crippen LogP contribution in [0, 0.1) is 0 Å². The van der Waals surface area contributed by atoms with Crippen molar-refractivity contribution in [2.24, 2.45) is 0 Å². The number of allylic oxidation sites excluding steroid dienone is 1. The summed E-state index contributed by atoms with van der Waals surface area (Å²) < 4.78 is 5.84. The number of aliphatic carboxylic acids is 1. The van der Waals surface area contributed by atoms with Crippen LogP contribution in [0.4, 0.5) is 0 Å². The van der Waals surface area contributed by atoms with Crippen LogP contribution < -0.4 is 10.6 Å². The Labute approximate surface area is 280 Å². The van der Waals surface area contributed by atoms with Gasteiger partial charge in [0.05, 0.1) is 13.2 Å². The van der Waals surface area contributed by atoms with Gasteiger partial charge in [-0.05, 0) is 44.6 Å². The molecule has 0 rings (SSSR count). The molecule has 0 aromatic rings. The molecule has 2 atom stereocenters. The Bertz CT molecular complexity index is 803. The lowest BCUT2D eigenvalue weighted by atomic mass is 10.0. The molecule has 0 aromatic carbocycles. The highest BCUT2D eigenvalue weighted by atomic mass is 16.5. The summed E-state index contributed by atoms with van der Waals surface area (Å²) in [5.41, 5.74) is 0. The first-order valence-electron chi connectivity index (χ1n) is 18.6. The Hall–Kier alpha value is -2.42. The number of rotatable bonds is 33. The second-order valence-electron chi connectivity index (χ2n) is 12.7. The van der Waals surface area contributed by atoms with Crippen molar-refractivity contribution in [3.63, 3.8) is 0 Å². The number of carboxylic acids is 1. The molecule has 46 heavy (non-hydrogen) atoms. The predicted octanol–water partition coefficient (Wildman–Crippen LogP) is 7.92. The summed E-state index contributed by atoms with van der Waals surface area (Å²) in [6, 6.07) is -1.39. The van der Waals surface area contributed by atoms with E-state index in [1.165, 1.54) is 89.9 Å². The lowest BCUT2D eigenvalue weighted by Gasteiger charge is -2.15. The zero-order chi connectivity index (χ0) is 34.1. The maximum atomic E-state index is 12.6. The topological polar surface area (TPSA) is 142 Å². The van der Waals surface area contributed by atoms with Crippen molar-refractivity contribution in [3.8, 4) is 0 Å². The van der Waals surface area contributed by atoms with Gasteiger partial charge in [0.1, 0.15) is 12.1 Å². The van der Waals surface area contributed by atoms with E-state index in [0.29, 0.717) is 12.8 Å². The lowest BCUT2D eigenvalue weighted by Crippen LogP contribution is -2.47. The van der Waals surface area contributed by atoms with Crippen molar-refractivity contribution in [1.29, 1.82) is 0 Å². The Balaban J connectivity index is 4.12. The van der Waals surface area contributed by atoms with E-state index >= 15 is 0 Å². The summed E-state index contributed by atoms with van der Waals surface area (Å²) >= 11 is 0. The number of ether oxygens (including phenoxy) is 1. The van der Waals surface area contributed by atoms with Crippen molar-refractivity contribution < 1.29 is 34.1 Å². The van der Waals surface area contributed by atoms with E-state index in [4.69, 9.17) is 14.9 Å². The quantitative estimate of drug-likeness (QED) is 0.0320. The van der Waals surface area contributed by atoms with E-state index in [1.54, 1.807) is 0 Å². The number of carboxylic acid groups (broad SMARTS) is 1. The van der Waals surface area contributed by atoms with E-state index in [2.05, 4.69) is 30.6 Å². The van der Waals surface area contributed by atoms with Gasteiger partial charge in [0.25, 0.3) is 0 Å². The molecule has 0 heterocycles. The third-order valence-corrected chi connectivity index (χ3v) is 8.25. The molecule has 0 aliphatic carbocycles. The molecule has 0 bridgehead atoms. The number of amides is 2. The largest absolute Gasteiger partial charge is 0.480 e. The monoisotopic (exact) mass is 653 g/mol. The summed E-state index contributed by atoms with van der Waals surface area (Å²) in [4.78, 5) is 47.2. The molecule has 9 nitrogen and oxygen atoms in total. The Morgan fingerprint density at radius 2 is 1.15 bits per heavy atom. The highest BCUT2D eigenvalue weighted by Crippen LogP contribution is 2.16. The number of esters is 1. The molecule has 0 aromatic heterocycles. The summed E-state index contributed by atoms with van der Waals surface area (Å²) in [6.45, 7) is 3.39. The molecule has 0 aliphatic rings. The smallest absolute Gasteiger partial charge is 0.328 e. The fourth-order valence-corrected chi connectivity index (χ4v) is 5.33. The van der Waals surface area contributed by atoms with Gasteiger partial charge in [0.15, 0.2) is 0 Å². The maximum absolute atomic E-state index is 12.6. The van der Waals surface area contributed by atoms with Gasteiger partial charge in [-0.1, -0.05) is 129 Å². The molecule has 0 saturated heterocycles. The van der Waals surface area contributed by atoms with Gasteiger partial charge in [0.2, 0.25) is 11.8 Å². The fourth-order valence-electron chi connectivity index (χ4n) is 5.33. The van der Waals surface area contributed by atoms with Crippen molar-refractivity contribution in [2.75, 3.05) is 13.2 Å². The van der Waals surface area contributed by atoms with Crippen LogP contribution in [0.15, 0.2) is 12.2 Å². The summed E-state index contributed by atoms with van der Waals surface area (Å²) in [7, 11) is 0. The highest BCUT2D eigenvalue weighted by molar-refractivity contribution is 5.87. The van der Waals surface area contributed by atoms with Crippen LogP contribution in [0.1, 0.15) is 174 Å². The van der Waals surface area contributed by atoms with Crippen molar-refractivity contribution in [2.45, 2.75) is 187 Å². The van der Waals surface area contributed by atoms with E-state index in [9.17, 15) is 19.2 Å². The normalized spacial score (nSPS) is 12.6. The number of aliphatic hydroxyl groups excluding tert-OH is 1. The van der Waals surface area contributed by atoms with Crippen LogP contribution in [0.25, 0.3) is 0 Å². The number of hydrogen-bond donors (Lipinski definition) is 4. The first-order valence-corrected chi connectivity index (χ1v) is 18.6. The van der Waals surface area contributed by atoms with Gasteiger partial charge < -0.3 is 25.6 Å². The Morgan fingerprint density at radius 1 is 0.652 bits per heavy atom. The van der Waals surface area contributed by atoms with E-state index < -0.39 is 24.5 Å². The van der Waals surface area contributed by atoms with Gasteiger partial charge in [-0.2, -0.15) is 0 Å². The number of nitrogens with one attached hydrogen (secondary N) is 2. The van der Waals surface area contributed by atoms with Gasteiger partial charge in [-0.3, -0.25) is 14.4 Å². The second-order valence-corrected chi connectivity index (χ2v) is 12.7. The minimum atomic E-state index is -1.39. The maximum Gasteiger partial charge on any atom is 0.328 e. The molecule has 0 radical (unpaired) electrons. The number of carbonyl (C=O) groups excluding carboxylic acids is 3. The molecule has 2 amide bonds. The molecule has 0 fully saturated rings. The van der Waals surface area contributed by atoms with Gasteiger partial charge >= 0.3 is 11.9 Å². The van der Waals surface area contributed by atoms with Crippen LogP contribution in [0.3, 0.4) is 0 Å². The van der Waals surface area contributed by atoms with E-state index in [1.807, 2.05) is 6.08 Å². The zero-order valence-corrected chi connectivity index (χ0v) is 29.3. The summed E-state index contributed by atoms with van der Waals surface area (Å²) in [5.74, 6) is -2.40. The van der Waals surface area contributed by atoms with Crippen LogP contribution >= 0.6 is 0 Å². The number of unbranched alkanes of at least 4 members (excludes halogenated alkanes) is 19. The minimum absolute atomic E-state index is 0.114. The fraction of sp³-hybridized carbons (Fsp3) is 0.838. The van der Waals surface area contributed by atoms with Crippen LogP contribution in [0.5, 0.6) is 0 Å². The minimum Gasteiger partial charge on any atom is -0.480 e. The van der Waals surface area contributed by atoms with Gasteiger partial charge in [-0.25, -0.2) is 4.79 Å². The molecule has 0 spiro atoms. The van der Waals surface area contributed by atoms with Crippen molar-refractivity contribution in [3.05, 3.63) is 12.2 Å². The SMILES string of the molecule is CCCCC/C=C\C(CCCCCCC(=O)NCC(=O)NC(CO)C(=O)O)OC(=O)CCCCCCCCCCCCCCCC. The highest BCUT2D eigenvalue weighted by Gasteiger charge is 2.18. The molecular weight excluding hydrogens is 584 g/mol. The number of aliphatic hydroxyl groups is 1. The Kier molecular flexibility index (Phi) is 30.8. The lowest BCUT2D eigenvalue weighted by molar-refractivity contribution is -0.147. The first kappa shape index (κ1) is 43.6. The molecule has 4 N–H and O–H groups in total. The van der Waals surface area contributed by atoms with Crippen LogP contribution in [-0.4, -0.2) is 59.3 Å². The number of carbonyl (C=O) groups is 4. The van der Waals surface area contributed by atoms with Crippen molar-refractivity contribution in [1.82, 2.24) is 10.6 Å². The van der Waals surface area contributed by atoms with Crippen molar-refractivity contribution >= 4 is 23.8 Å². The number of hydrogen-bond acceptors (Lipinski definition) is 6. The first-order chi connectivity index (χ1) is 22.3. The van der Waals surface area contributed by atoms with E-state index in [-0.39, 0.29) is 30.9 Å². The third-order valence-electron chi connectivity index (χ3n) is 8.25. The van der Waals surface area contributed by atoms with Gasteiger partial charge in [-0.15, -0.1) is 0 Å². The zero-order valence-electron chi connectivity index (χ0n) is 29.3. The average Bonchev–Trinajstić information content (AvgIpc) is 3.03. The molecule has 268 valence electrons. The third kappa shape index (κ3) is 29.0. The average molecular weight is 653 g/mol. The summed E-state index contributed by atoms with van der Waals surface area (Å²) in [5, 5.41) is 22.4. The standard InChI is InChI=1S/C37H68N2O7/c1-3-5-7-9-10-11-12-13-14-15-16-17-19-25-29-36(43)46-32(26-22-18-8-6-4-2)27-23-20-21-24-28-34(41)38-30-35(42)39-33(31-40)37(44)45/h22,26,32-33,40H,3-21,23-25,27-31H2,1-2H3,(H,38,41)(H,39,42)(H,44,45)/b26-22-. The van der Waals surface area contributed by atoms with Crippen LogP contribution in [-0.2, 0) is 23.9 Å². The molecule has 0 saturated carbocycles. The molecule has 9 heteroatoms. The van der Waals surface area contributed by atoms with Gasteiger partial charge in [0, 0.05) is 12.8 Å². The molecule has 2 unspecified atom stereocenters. The summed E-state index contributed by atoms with van der Waals surface area (Å²) in [6.07, 6.45) is 31.3.